The van der Waals surface area contributed by atoms with Crippen LogP contribution in [0.3, 0.4) is 0 Å². The number of carbonyl (C=O) groups is 1. The molecule has 7 nitrogen and oxygen atoms in total. The van der Waals surface area contributed by atoms with Crippen LogP contribution in [0, 0.1) is 0 Å². The van der Waals surface area contributed by atoms with Crippen LogP contribution in [0.15, 0.2) is 36.1 Å². The molecule has 31 heavy (non-hydrogen) atoms. The van der Waals surface area contributed by atoms with E-state index in [1.54, 1.807) is 50.6 Å². The number of carbonyl (C=O) groups excluding carboxylic acids is 1. The summed E-state index contributed by atoms with van der Waals surface area (Å²) in [7, 11) is 3.16. The van der Waals surface area contributed by atoms with Crippen LogP contribution in [-0.2, 0) is 6.54 Å². The van der Waals surface area contributed by atoms with Crippen molar-refractivity contribution in [3.8, 4) is 23.0 Å². The molecule has 164 valence electrons. The summed E-state index contributed by atoms with van der Waals surface area (Å²) in [6, 6.07) is 8.56. The van der Waals surface area contributed by atoms with Crippen LogP contribution in [0.1, 0.15) is 28.4 Å². The fourth-order valence-electron chi connectivity index (χ4n) is 4.03. The van der Waals surface area contributed by atoms with E-state index >= 15 is 0 Å². The normalized spacial score (nSPS) is 18.2. The van der Waals surface area contributed by atoms with Crippen LogP contribution in [0.25, 0.3) is 6.08 Å². The number of aromatic hydroxyl groups is 1. The van der Waals surface area contributed by atoms with Crippen molar-refractivity contribution in [2.45, 2.75) is 13.5 Å². The lowest BCUT2D eigenvalue weighted by Gasteiger charge is -2.34. The molecule has 2 aliphatic rings. The summed E-state index contributed by atoms with van der Waals surface area (Å²) >= 11 is 0. The Kier molecular flexibility index (Phi) is 6.15. The molecule has 0 radical (unpaired) electrons. The fourth-order valence-corrected chi connectivity index (χ4v) is 4.03. The molecule has 0 saturated carbocycles. The second kappa shape index (κ2) is 8.99. The van der Waals surface area contributed by atoms with Gasteiger partial charge in [-0.25, -0.2) is 0 Å². The minimum absolute atomic E-state index is 0.143. The molecule has 0 bridgehead atoms. The van der Waals surface area contributed by atoms with Crippen molar-refractivity contribution in [3.05, 3.63) is 52.8 Å². The number of ketones is 1. The van der Waals surface area contributed by atoms with E-state index in [0.29, 0.717) is 40.5 Å². The number of phenolic OH excluding ortho intramolecular Hbond substituents is 1. The first kappa shape index (κ1) is 21.2. The van der Waals surface area contributed by atoms with E-state index in [0.717, 1.165) is 32.7 Å². The summed E-state index contributed by atoms with van der Waals surface area (Å²) in [5.41, 5.74) is 1.80. The summed E-state index contributed by atoms with van der Waals surface area (Å²) < 4.78 is 16.7. The number of nitrogens with zero attached hydrogens (tertiary/aromatic N) is 2. The van der Waals surface area contributed by atoms with E-state index < -0.39 is 0 Å². The Morgan fingerprint density at radius 1 is 1.06 bits per heavy atom. The Labute approximate surface area is 182 Å². The Hall–Kier alpha value is -3.03. The van der Waals surface area contributed by atoms with E-state index in [2.05, 4.69) is 16.7 Å². The highest BCUT2D eigenvalue weighted by Crippen LogP contribution is 2.41. The molecule has 2 aliphatic heterocycles. The van der Waals surface area contributed by atoms with Gasteiger partial charge >= 0.3 is 0 Å². The summed E-state index contributed by atoms with van der Waals surface area (Å²) in [5, 5.41) is 10.5. The first-order valence-electron chi connectivity index (χ1n) is 10.5. The van der Waals surface area contributed by atoms with E-state index in [1.165, 1.54) is 0 Å². The van der Waals surface area contributed by atoms with Gasteiger partial charge in [-0.05, 0) is 43.0 Å². The van der Waals surface area contributed by atoms with Gasteiger partial charge in [0.1, 0.15) is 23.0 Å². The van der Waals surface area contributed by atoms with Crippen LogP contribution in [-0.4, -0.2) is 67.6 Å². The molecule has 0 atom stereocenters. The monoisotopic (exact) mass is 424 g/mol. The molecule has 2 heterocycles. The van der Waals surface area contributed by atoms with E-state index in [-0.39, 0.29) is 17.3 Å². The van der Waals surface area contributed by atoms with E-state index in [4.69, 9.17) is 14.2 Å². The Morgan fingerprint density at radius 2 is 1.81 bits per heavy atom. The topological polar surface area (TPSA) is 71.5 Å². The van der Waals surface area contributed by atoms with Crippen molar-refractivity contribution >= 4 is 11.9 Å². The van der Waals surface area contributed by atoms with Gasteiger partial charge in [0.15, 0.2) is 5.76 Å². The lowest BCUT2D eigenvalue weighted by molar-refractivity contribution is 0.101. The average molecular weight is 424 g/mol. The number of hydrogen-bond donors (Lipinski definition) is 1. The average Bonchev–Trinajstić information content (AvgIpc) is 3.11. The van der Waals surface area contributed by atoms with Crippen LogP contribution >= 0.6 is 0 Å². The standard InChI is InChI=1S/C24H28N2O5/c1-4-25-9-11-26(12-10-25)15-19-20(27)7-6-18-23(28)22(31-24(18)19)14-16-13-17(29-2)5-8-21(16)30-3/h5-8,13-14,27H,4,9-12,15H2,1-3H3. The third-order valence-electron chi connectivity index (χ3n) is 5.93. The second-order valence-electron chi connectivity index (χ2n) is 7.70. The van der Waals surface area contributed by atoms with Crippen molar-refractivity contribution < 1.29 is 24.1 Å². The molecule has 0 unspecified atom stereocenters. The number of methoxy groups -OCH3 is 2. The summed E-state index contributed by atoms with van der Waals surface area (Å²) in [5.74, 6) is 1.83. The van der Waals surface area contributed by atoms with E-state index in [9.17, 15) is 9.90 Å². The number of hydrogen-bond acceptors (Lipinski definition) is 7. The van der Waals surface area contributed by atoms with Gasteiger partial charge in [0.2, 0.25) is 5.78 Å². The van der Waals surface area contributed by atoms with Crippen LogP contribution < -0.4 is 14.2 Å². The predicted molar refractivity (Wildman–Crippen MR) is 118 cm³/mol. The number of fused-ring (bicyclic) bond motifs is 1. The van der Waals surface area contributed by atoms with Gasteiger partial charge in [-0.1, -0.05) is 6.92 Å². The van der Waals surface area contributed by atoms with Crippen molar-refractivity contribution in [3.63, 3.8) is 0 Å². The lowest BCUT2D eigenvalue weighted by Crippen LogP contribution is -2.45. The number of rotatable bonds is 6. The van der Waals surface area contributed by atoms with Gasteiger partial charge in [0.25, 0.3) is 0 Å². The van der Waals surface area contributed by atoms with Gasteiger partial charge in [-0.2, -0.15) is 0 Å². The maximum absolute atomic E-state index is 13.0. The smallest absolute Gasteiger partial charge is 0.231 e. The van der Waals surface area contributed by atoms with Crippen LogP contribution in [0.2, 0.25) is 0 Å². The number of likely N-dealkylation sites (N-methyl/N-ethyl adjacent to an activating group) is 1. The molecule has 0 aromatic heterocycles. The second-order valence-corrected chi connectivity index (χ2v) is 7.70. The molecule has 0 amide bonds. The molecule has 0 spiro atoms. The van der Waals surface area contributed by atoms with Crippen LogP contribution in [0.5, 0.6) is 23.0 Å². The van der Waals surface area contributed by atoms with Crippen LogP contribution in [0.4, 0.5) is 0 Å². The number of benzene rings is 2. The molecule has 1 fully saturated rings. The van der Waals surface area contributed by atoms with Crippen molar-refractivity contribution in [1.82, 2.24) is 9.80 Å². The Balaban J connectivity index is 1.62. The van der Waals surface area contributed by atoms with E-state index in [1.807, 2.05) is 0 Å². The maximum Gasteiger partial charge on any atom is 0.231 e. The number of piperazine rings is 1. The molecule has 0 aliphatic carbocycles. The molecular formula is C24H28N2O5. The van der Waals surface area contributed by atoms with Gasteiger partial charge < -0.3 is 24.2 Å². The summed E-state index contributed by atoms with van der Waals surface area (Å²) in [4.78, 5) is 17.7. The van der Waals surface area contributed by atoms with Gasteiger partial charge in [0.05, 0.1) is 25.3 Å². The Bertz CT molecular complexity index is 1010. The highest BCUT2D eigenvalue weighted by molar-refractivity contribution is 6.15. The molecule has 1 saturated heterocycles. The van der Waals surface area contributed by atoms with Crippen molar-refractivity contribution in [2.75, 3.05) is 46.9 Å². The predicted octanol–water partition coefficient (Wildman–Crippen LogP) is 3.16. The maximum atomic E-state index is 13.0. The van der Waals surface area contributed by atoms with Crippen molar-refractivity contribution in [2.24, 2.45) is 0 Å². The first-order valence-corrected chi connectivity index (χ1v) is 10.5. The first-order chi connectivity index (χ1) is 15.0. The fraction of sp³-hybridized carbons (Fsp3) is 0.375. The highest BCUT2D eigenvalue weighted by Gasteiger charge is 2.32. The molecular weight excluding hydrogens is 396 g/mol. The van der Waals surface area contributed by atoms with Gasteiger partial charge in [-0.3, -0.25) is 9.69 Å². The minimum Gasteiger partial charge on any atom is -0.507 e. The molecule has 2 aromatic rings. The van der Waals surface area contributed by atoms with Crippen molar-refractivity contribution in [1.29, 1.82) is 0 Å². The zero-order chi connectivity index (χ0) is 22.0. The number of ether oxygens (including phenoxy) is 3. The number of phenols is 1. The highest BCUT2D eigenvalue weighted by atomic mass is 16.5. The SMILES string of the molecule is CCN1CCN(Cc2c(O)ccc3c2OC(=Cc2cc(OC)ccc2OC)C3=O)CC1. The lowest BCUT2D eigenvalue weighted by atomic mass is 10.0. The zero-order valence-electron chi connectivity index (χ0n) is 18.2. The van der Waals surface area contributed by atoms with Gasteiger partial charge in [-0.15, -0.1) is 0 Å². The molecule has 1 N–H and O–H groups in total. The number of Topliss-reactive ketones (excluding diaryl/α,β-unsaturated/α-hetero) is 1. The summed E-state index contributed by atoms with van der Waals surface area (Å²) in [6.07, 6.45) is 1.66. The largest absolute Gasteiger partial charge is 0.507 e. The zero-order valence-corrected chi connectivity index (χ0v) is 18.2. The molecule has 4 rings (SSSR count). The quantitative estimate of drug-likeness (QED) is 0.714. The molecule has 7 heteroatoms. The van der Waals surface area contributed by atoms with Gasteiger partial charge in [0, 0.05) is 38.3 Å². The number of allylic oxidation sites excluding steroid dienone is 1. The molecule has 2 aromatic carbocycles. The minimum atomic E-state index is -0.211. The summed E-state index contributed by atoms with van der Waals surface area (Å²) in [6.45, 7) is 7.55. The third kappa shape index (κ3) is 4.24. The third-order valence-corrected chi connectivity index (χ3v) is 5.93. The Morgan fingerprint density at radius 3 is 2.48 bits per heavy atom.